The highest BCUT2D eigenvalue weighted by Crippen LogP contribution is 2.22. The Morgan fingerprint density at radius 2 is 1.91 bits per heavy atom. The Morgan fingerprint density at radius 1 is 1.09 bits per heavy atom. The van der Waals surface area contributed by atoms with Crippen molar-refractivity contribution in [3.8, 4) is 10.6 Å². The van der Waals surface area contributed by atoms with Gasteiger partial charge in [-0.1, -0.05) is 24.3 Å². The Labute approximate surface area is 133 Å². The molecule has 0 aliphatic rings. The molecule has 0 atom stereocenters. The van der Waals surface area contributed by atoms with Crippen molar-refractivity contribution in [1.29, 1.82) is 0 Å². The van der Waals surface area contributed by atoms with E-state index in [0.29, 0.717) is 13.1 Å². The molecule has 22 heavy (non-hydrogen) atoms. The van der Waals surface area contributed by atoms with E-state index in [1.807, 2.05) is 29.8 Å². The van der Waals surface area contributed by atoms with Gasteiger partial charge in [-0.2, -0.15) is 5.10 Å². The maximum absolute atomic E-state index is 12.1. The normalized spacial score (nSPS) is 11.6. The molecule has 0 unspecified atom stereocenters. The van der Waals surface area contributed by atoms with Crippen molar-refractivity contribution >= 4 is 21.4 Å². The molecule has 2 aromatic heterocycles. The molecule has 3 rings (SSSR count). The summed E-state index contributed by atoms with van der Waals surface area (Å²) in [6.07, 6.45) is 1.85. The molecule has 7 heteroatoms. The molecule has 0 amide bonds. The molecular weight excluding hydrogens is 318 g/mol. The largest absolute Gasteiger partial charge is 0.271 e. The van der Waals surface area contributed by atoms with Crippen LogP contribution < -0.4 is 4.72 Å². The van der Waals surface area contributed by atoms with Crippen LogP contribution >= 0.6 is 11.3 Å². The van der Waals surface area contributed by atoms with Crippen LogP contribution in [0.3, 0.4) is 0 Å². The highest BCUT2D eigenvalue weighted by molar-refractivity contribution is 7.89. The van der Waals surface area contributed by atoms with Gasteiger partial charge in [-0.25, -0.2) is 13.1 Å². The molecule has 1 N–H and O–H groups in total. The fourth-order valence-corrected chi connectivity index (χ4v) is 3.75. The van der Waals surface area contributed by atoms with Gasteiger partial charge < -0.3 is 0 Å². The Bertz CT molecular complexity index is 825. The maximum atomic E-state index is 12.1. The lowest BCUT2D eigenvalue weighted by atomic mass is 10.3. The predicted molar refractivity (Wildman–Crippen MR) is 87.2 cm³/mol. The van der Waals surface area contributed by atoms with E-state index in [1.54, 1.807) is 46.4 Å². The molecule has 0 aliphatic carbocycles. The van der Waals surface area contributed by atoms with Crippen molar-refractivity contribution in [3.63, 3.8) is 0 Å². The van der Waals surface area contributed by atoms with Crippen LogP contribution in [0.15, 0.2) is 65.0 Å². The first kappa shape index (κ1) is 15.0. The Kier molecular flexibility index (Phi) is 4.37. The fourth-order valence-electron chi connectivity index (χ4n) is 2.02. The Morgan fingerprint density at radius 3 is 2.64 bits per heavy atom. The fraction of sp³-hybridized carbons (Fsp3) is 0.133. The molecule has 0 radical (unpaired) electrons. The van der Waals surface area contributed by atoms with Crippen LogP contribution in [-0.2, 0) is 16.6 Å². The summed E-state index contributed by atoms with van der Waals surface area (Å²) >= 11 is 1.63. The summed E-state index contributed by atoms with van der Waals surface area (Å²) in [5.74, 6) is 0. The molecule has 114 valence electrons. The molecule has 0 aliphatic heterocycles. The predicted octanol–water partition coefficient (Wildman–Crippen LogP) is 2.59. The average molecular weight is 333 g/mol. The number of hydrogen-bond acceptors (Lipinski definition) is 4. The quantitative estimate of drug-likeness (QED) is 0.754. The van der Waals surface area contributed by atoms with E-state index in [9.17, 15) is 8.42 Å². The highest BCUT2D eigenvalue weighted by atomic mass is 32.2. The van der Waals surface area contributed by atoms with Crippen molar-refractivity contribution in [2.45, 2.75) is 11.4 Å². The van der Waals surface area contributed by atoms with Crippen molar-refractivity contribution in [3.05, 3.63) is 60.1 Å². The lowest BCUT2D eigenvalue weighted by molar-refractivity contribution is 0.561. The van der Waals surface area contributed by atoms with Crippen molar-refractivity contribution in [2.75, 3.05) is 6.54 Å². The summed E-state index contributed by atoms with van der Waals surface area (Å²) in [7, 11) is -3.46. The summed E-state index contributed by atoms with van der Waals surface area (Å²) in [6.45, 7) is 0.778. The second-order valence-electron chi connectivity index (χ2n) is 4.65. The summed E-state index contributed by atoms with van der Waals surface area (Å²) in [6, 6.07) is 14.3. The molecule has 0 saturated heterocycles. The molecule has 3 aromatic rings. The van der Waals surface area contributed by atoms with Crippen LogP contribution in [-0.4, -0.2) is 24.7 Å². The van der Waals surface area contributed by atoms with E-state index < -0.39 is 10.0 Å². The zero-order valence-electron chi connectivity index (χ0n) is 11.7. The van der Waals surface area contributed by atoms with E-state index in [-0.39, 0.29) is 4.90 Å². The minimum absolute atomic E-state index is 0.273. The SMILES string of the molecule is O=S(=O)(NCCn1ccc(-c2cccs2)n1)c1ccccc1. The number of nitrogens with one attached hydrogen (secondary N) is 1. The number of sulfonamides is 1. The monoisotopic (exact) mass is 333 g/mol. The molecule has 5 nitrogen and oxygen atoms in total. The molecule has 0 bridgehead atoms. The zero-order chi connectivity index (χ0) is 15.4. The number of hydrogen-bond donors (Lipinski definition) is 1. The van der Waals surface area contributed by atoms with Gasteiger partial charge in [0.2, 0.25) is 10.0 Å². The lowest BCUT2D eigenvalue weighted by Crippen LogP contribution is -2.27. The van der Waals surface area contributed by atoms with Gasteiger partial charge in [0.1, 0.15) is 5.69 Å². The molecule has 0 saturated carbocycles. The van der Waals surface area contributed by atoms with Gasteiger partial charge in [0.15, 0.2) is 0 Å². The van der Waals surface area contributed by atoms with Gasteiger partial charge in [-0.15, -0.1) is 11.3 Å². The van der Waals surface area contributed by atoms with E-state index in [1.165, 1.54) is 0 Å². The van der Waals surface area contributed by atoms with E-state index in [4.69, 9.17) is 0 Å². The van der Waals surface area contributed by atoms with Crippen LogP contribution in [0.5, 0.6) is 0 Å². The van der Waals surface area contributed by atoms with Gasteiger partial charge in [0.05, 0.1) is 16.3 Å². The van der Waals surface area contributed by atoms with Gasteiger partial charge in [-0.3, -0.25) is 4.68 Å². The van der Waals surface area contributed by atoms with E-state index in [2.05, 4.69) is 9.82 Å². The summed E-state index contributed by atoms with van der Waals surface area (Å²) in [5.41, 5.74) is 0.904. The third-order valence-corrected chi connectivity index (χ3v) is 5.47. The van der Waals surface area contributed by atoms with Crippen molar-refractivity contribution < 1.29 is 8.42 Å². The molecular formula is C15H15N3O2S2. The first-order valence-electron chi connectivity index (χ1n) is 6.77. The third-order valence-electron chi connectivity index (χ3n) is 3.10. The van der Waals surface area contributed by atoms with Gasteiger partial charge >= 0.3 is 0 Å². The van der Waals surface area contributed by atoms with Crippen LogP contribution in [0.2, 0.25) is 0 Å². The zero-order valence-corrected chi connectivity index (χ0v) is 13.3. The average Bonchev–Trinajstić information content (AvgIpc) is 3.19. The van der Waals surface area contributed by atoms with E-state index in [0.717, 1.165) is 10.6 Å². The second kappa shape index (κ2) is 6.43. The molecule has 0 fully saturated rings. The smallest absolute Gasteiger partial charge is 0.240 e. The van der Waals surface area contributed by atoms with Gasteiger partial charge in [-0.05, 0) is 29.6 Å². The van der Waals surface area contributed by atoms with Crippen LogP contribution in [0.25, 0.3) is 10.6 Å². The second-order valence-corrected chi connectivity index (χ2v) is 7.37. The van der Waals surface area contributed by atoms with Crippen LogP contribution in [0.4, 0.5) is 0 Å². The molecule has 2 heterocycles. The lowest BCUT2D eigenvalue weighted by Gasteiger charge is -2.06. The van der Waals surface area contributed by atoms with Crippen LogP contribution in [0, 0.1) is 0 Å². The number of aromatic nitrogens is 2. The number of rotatable bonds is 6. The number of thiophene rings is 1. The van der Waals surface area contributed by atoms with Crippen molar-refractivity contribution in [1.82, 2.24) is 14.5 Å². The minimum atomic E-state index is -3.46. The first-order valence-corrected chi connectivity index (χ1v) is 9.13. The van der Waals surface area contributed by atoms with Gasteiger partial charge in [0, 0.05) is 12.7 Å². The number of nitrogens with zero attached hydrogens (tertiary/aromatic N) is 2. The van der Waals surface area contributed by atoms with E-state index >= 15 is 0 Å². The third kappa shape index (κ3) is 3.44. The summed E-state index contributed by atoms with van der Waals surface area (Å²) < 4.78 is 28.5. The minimum Gasteiger partial charge on any atom is -0.271 e. The van der Waals surface area contributed by atoms with Gasteiger partial charge in [0.25, 0.3) is 0 Å². The highest BCUT2D eigenvalue weighted by Gasteiger charge is 2.12. The Balaban J connectivity index is 1.60. The standard InChI is InChI=1S/C15H15N3O2S2/c19-22(20,13-5-2-1-3-6-13)16-9-11-18-10-8-14(17-18)15-7-4-12-21-15/h1-8,10,12,16H,9,11H2. The topological polar surface area (TPSA) is 64.0 Å². The summed E-state index contributed by atoms with van der Waals surface area (Å²) in [5, 5.41) is 6.44. The van der Waals surface area contributed by atoms with Crippen molar-refractivity contribution in [2.24, 2.45) is 0 Å². The number of benzene rings is 1. The molecule has 0 spiro atoms. The maximum Gasteiger partial charge on any atom is 0.240 e. The first-order chi connectivity index (χ1) is 10.6. The Hall–Kier alpha value is -1.96. The summed E-state index contributed by atoms with van der Waals surface area (Å²) in [4.78, 5) is 1.37. The molecule has 1 aromatic carbocycles. The van der Waals surface area contributed by atoms with Crippen LogP contribution in [0.1, 0.15) is 0 Å².